The van der Waals surface area contributed by atoms with Gasteiger partial charge in [-0.3, -0.25) is 0 Å². The number of rotatable bonds is 60. The Hall–Kier alpha value is -0.780. The second-order valence-electron chi connectivity index (χ2n) is 23.7. The first-order chi connectivity index (χ1) is 34.8. The first-order valence-electron chi connectivity index (χ1n) is 33.9. The molecule has 0 aliphatic carbocycles. The molecule has 1 aromatic rings. The molecule has 0 heterocycles. The molecule has 0 aromatic heterocycles. The minimum atomic E-state index is 1.33. The van der Waals surface area contributed by atoms with Crippen LogP contribution in [0.15, 0.2) is 12.1 Å². The molecule has 1 rings (SSSR count). The zero-order chi connectivity index (χ0) is 50.2. The van der Waals surface area contributed by atoms with E-state index in [1.165, 1.54) is 385 Å². The highest BCUT2D eigenvalue weighted by atomic mass is 14.2. The molecule has 0 aliphatic rings. The van der Waals surface area contributed by atoms with Crippen molar-refractivity contribution in [2.75, 3.05) is 0 Å². The summed E-state index contributed by atoms with van der Waals surface area (Å²) in [7, 11) is 0. The molecular weight excluding hydrogens is 841 g/mol. The van der Waals surface area contributed by atoms with Crippen LogP contribution in [0.2, 0.25) is 0 Å². The molecule has 0 saturated carbocycles. The van der Waals surface area contributed by atoms with Crippen LogP contribution < -0.4 is 0 Å². The van der Waals surface area contributed by atoms with Gasteiger partial charge in [-0.05, 0) is 73.6 Å². The standard InChI is InChI=1S/C70H134/c1-5-9-13-17-21-25-29-33-37-41-45-49-53-57-61-67-65-66-68(62-58-54-50-46-42-38-34-30-26-22-18-14-10-6-2)70(64-60-56-52-48-44-40-36-32-28-24-20-16-12-8-4)69(67)63-59-55-51-47-43-39-35-31-27-23-19-15-11-7-3/h65-66H,5-64H2,1-4H3. The maximum absolute atomic E-state index is 2.66. The largest absolute Gasteiger partial charge is 0.0654 e. The third-order valence-corrected chi connectivity index (χ3v) is 16.8. The zero-order valence-electron chi connectivity index (χ0n) is 49.6. The van der Waals surface area contributed by atoms with Gasteiger partial charge in [-0.2, -0.15) is 0 Å². The predicted molar refractivity (Wildman–Crippen MR) is 323 cm³/mol. The fourth-order valence-corrected chi connectivity index (χ4v) is 11.9. The lowest BCUT2D eigenvalue weighted by molar-refractivity contribution is 0.532. The highest BCUT2D eigenvalue weighted by Gasteiger charge is 2.14. The van der Waals surface area contributed by atoms with Crippen molar-refractivity contribution < 1.29 is 0 Å². The van der Waals surface area contributed by atoms with E-state index in [1.807, 2.05) is 11.1 Å². The Morgan fingerprint density at radius 2 is 0.286 bits per heavy atom. The lowest BCUT2D eigenvalue weighted by Crippen LogP contribution is -2.07. The minimum Gasteiger partial charge on any atom is -0.0654 e. The van der Waals surface area contributed by atoms with E-state index in [9.17, 15) is 0 Å². The van der Waals surface area contributed by atoms with Gasteiger partial charge in [-0.15, -0.1) is 0 Å². The Balaban J connectivity index is 2.77. The van der Waals surface area contributed by atoms with Crippen molar-refractivity contribution >= 4 is 0 Å². The molecule has 0 saturated heterocycles. The summed E-state index contributed by atoms with van der Waals surface area (Å²) in [5.41, 5.74) is 7.23. The van der Waals surface area contributed by atoms with Crippen molar-refractivity contribution in [1.82, 2.24) is 0 Å². The van der Waals surface area contributed by atoms with Gasteiger partial charge in [0.05, 0.1) is 0 Å². The molecule has 0 N–H and O–H groups in total. The smallest absolute Gasteiger partial charge is 0.0273 e. The number of benzene rings is 1. The van der Waals surface area contributed by atoms with Crippen LogP contribution in [0, 0.1) is 0 Å². The summed E-state index contributed by atoms with van der Waals surface area (Å²) in [5, 5.41) is 0. The lowest BCUT2D eigenvalue weighted by Gasteiger charge is -2.20. The number of unbranched alkanes of at least 4 members (excludes halogenated alkanes) is 52. The van der Waals surface area contributed by atoms with Gasteiger partial charge in [0.25, 0.3) is 0 Å². The van der Waals surface area contributed by atoms with E-state index >= 15 is 0 Å². The van der Waals surface area contributed by atoms with E-state index < -0.39 is 0 Å². The van der Waals surface area contributed by atoms with Crippen LogP contribution >= 0.6 is 0 Å². The van der Waals surface area contributed by atoms with E-state index in [1.54, 1.807) is 11.1 Å². The van der Waals surface area contributed by atoms with Gasteiger partial charge < -0.3 is 0 Å². The Morgan fingerprint density at radius 3 is 0.443 bits per heavy atom. The van der Waals surface area contributed by atoms with Crippen LogP contribution in [0.25, 0.3) is 0 Å². The Bertz CT molecular complexity index is 1030. The van der Waals surface area contributed by atoms with Gasteiger partial charge in [0, 0.05) is 0 Å². The molecule has 0 radical (unpaired) electrons. The molecular formula is C70H134. The first-order valence-corrected chi connectivity index (χ1v) is 33.9. The highest BCUT2D eigenvalue weighted by molar-refractivity contribution is 5.42. The maximum Gasteiger partial charge on any atom is -0.0273 e. The zero-order valence-corrected chi connectivity index (χ0v) is 49.6. The van der Waals surface area contributed by atoms with Crippen molar-refractivity contribution in [2.45, 2.75) is 413 Å². The highest BCUT2D eigenvalue weighted by Crippen LogP contribution is 2.29. The maximum atomic E-state index is 2.66. The molecule has 0 atom stereocenters. The Morgan fingerprint density at radius 1 is 0.157 bits per heavy atom. The second kappa shape index (κ2) is 57.5. The van der Waals surface area contributed by atoms with Crippen LogP contribution in [0.3, 0.4) is 0 Å². The van der Waals surface area contributed by atoms with Gasteiger partial charge in [0.2, 0.25) is 0 Å². The Labute approximate surface area is 445 Å². The van der Waals surface area contributed by atoms with E-state index in [2.05, 4.69) is 39.8 Å². The molecule has 1 aromatic carbocycles. The van der Waals surface area contributed by atoms with Crippen LogP contribution in [-0.4, -0.2) is 0 Å². The summed E-state index contributed by atoms with van der Waals surface area (Å²) in [6.07, 6.45) is 86.8. The number of aryl methyl sites for hydroxylation is 2. The van der Waals surface area contributed by atoms with Crippen molar-refractivity contribution in [3.63, 3.8) is 0 Å². The summed E-state index contributed by atoms with van der Waals surface area (Å²) >= 11 is 0. The SMILES string of the molecule is CCCCCCCCCCCCCCCCc1ccc(CCCCCCCCCCCCCCCC)c(CCCCCCCCCCCCCCCC)c1CCCCCCCCCCCCCCCC. The normalized spacial score (nSPS) is 11.7. The molecule has 70 heavy (non-hydrogen) atoms. The first kappa shape index (κ1) is 67.2. The lowest BCUT2D eigenvalue weighted by atomic mass is 9.85. The third-order valence-electron chi connectivity index (χ3n) is 16.8. The van der Waals surface area contributed by atoms with Crippen LogP contribution in [0.1, 0.15) is 410 Å². The van der Waals surface area contributed by atoms with Crippen LogP contribution in [-0.2, 0) is 25.7 Å². The third kappa shape index (κ3) is 45.8. The quantitative estimate of drug-likeness (QED) is 0.0571. The molecule has 0 fully saturated rings. The molecule has 0 unspecified atom stereocenters. The average molecular weight is 976 g/mol. The van der Waals surface area contributed by atoms with E-state index in [-0.39, 0.29) is 0 Å². The Kier molecular flexibility index (Phi) is 55.2. The van der Waals surface area contributed by atoms with Gasteiger partial charge >= 0.3 is 0 Å². The second-order valence-corrected chi connectivity index (χ2v) is 23.7. The summed E-state index contributed by atoms with van der Waals surface area (Å²) < 4.78 is 0. The van der Waals surface area contributed by atoms with Gasteiger partial charge in [0.1, 0.15) is 0 Å². The van der Waals surface area contributed by atoms with Crippen LogP contribution in [0.4, 0.5) is 0 Å². The molecule has 0 bridgehead atoms. The summed E-state index contributed by atoms with van der Waals surface area (Å²) in [6, 6.07) is 5.32. The number of hydrogen-bond donors (Lipinski definition) is 0. The fraction of sp³-hybridized carbons (Fsp3) is 0.914. The van der Waals surface area contributed by atoms with Crippen molar-refractivity contribution in [1.29, 1.82) is 0 Å². The van der Waals surface area contributed by atoms with Crippen molar-refractivity contribution in [2.24, 2.45) is 0 Å². The van der Waals surface area contributed by atoms with Gasteiger partial charge in [-0.1, -0.05) is 374 Å². The summed E-state index contributed by atoms with van der Waals surface area (Å²) in [6.45, 7) is 9.32. The molecule has 0 amide bonds. The molecule has 414 valence electrons. The van der Waals surface area contributed by atoms with E-state index in [0.717, 1.165) is 0 Å². The predicted octanol–water partition coefficient (Wildman–Crippen LogP) is 25.8. The molecule has 0 nitrogen and oxygen atoms in total. The monoisotopic (exact) mass is 975 g/mol. The van der Waals surface area contributed by atoms with Gasteiger partial charge in [-0.25, -0.2) is 0 Å². The van der Waals surface area contributed by atoms with E-state index in [4.69, 9.17) is 0 Å². The minimum absolute atomic E-state index is 1.33. The topological polar surface area (TPSA) is 0 Å². The van der Waals surface area contributed by atoms with Crippen LogP contribution in [0.5, 0.6) is 0 Å². The fourth-order valence-electron chi connectivity index (χ4n) is 11.9. The summed E-state index contributed by atoms with van der Waals surface area (Å²) in [4.78, 5) is 0. The molecule has 0 heteroatoms. The van der Waals surface area contributed by atoms with Crippen molar-refractivity contribution in [3.8, 4) is 0 Å². The average Bonchev–Trinajstić information content (AvgIpc) is 3.37. The summed E-state index contributed by atoms with van der Waals surface area (Å²) in [5.74, 6) is 0. The van der Waals surface area contributed by atoms with Crippen molar-refractivity contribution in [3.05, 3.63) is 34.4 Å². The number of hydrogen-bond acceptors (Lipinski definition) is 0. The molecule has 0 spiro atoms. The van der Waals surface area contributed by atoms with E-state index in [0.29, 0.717) is 0 Å². The molecule has 0 aliphatic heterocycles. The van der Waals surface area contributed by atoms with Gasteiger partial charge in [0.15, 0.2) is 0 Å².